The highest BCUT2D eigenvalue weighted by molar-refractivity contribution is 7.89. The number of aromatic amines is 1. The van der Waals surface area contributed by atoms with Crippen LogP contribution in [0.3, 0.4) is 0 Å². The van der Waals surface area contributed by atoms with E-state index in [1.165, 1.54) is 24.7 Å². The first-order valence-electron chi connectivity index (χ1n) is 9.39. The van der Waals surface area contributed by atoms with Crippen LogP contribution in [0.4, 0.5) is 0 Å². The smallest absolute Gasteiger partial charge is 0.257 e. The predicted octanol–water partition coefficient (Wildman–Crippen LogP) is 1.73. The largest absolute Gasteiger partial charge is 0.497 e. The minimum atomic E-state index is -3.70. The second kappa shape index (κ2) is 7.96. The minimum Gasteiger partial charge on any atom is -0.497 e. The Bertz CT molecular complexity index is 1180. The minimum absolute atomic E-state index is 0.194. The molecule has 1 aliphatic heterocycles. The predicted molar refractivity (Wildman–Crippen MR) is 110 cm³/mol. The number of aromatic nitrogens is 2. The van der Waals surface area contributed by atoms with Gasteiger partial charge in [-0.05, 0) is 30.3 Å². The Hall–Kier alpha value is -3.11. The van der Waals surface area contributed by atoms with Crippen molar-refractivity contribution in [2.75, 3.05) is 40.4 Å². The Morgan fingerprint density at radius 3 is 2.57 bits per heavy atom. The maximum Gasteiger partial charge on any atom is 0.257 e. The Balaban J connectivity index is 1.52. The van der Waals surface area contributed by atoms with E-state index in [1.807, 2.05) is 0 Å². The summed E-state index contributed by atoms with van der Waals surface area (Å²) < 4.78 is 38.2. The van der Waals surface area contributed by atoms with Gasteiger partial charge in [0.2, 0.25) is 10.0 Å². The molecule has 0 atom stereocenters. The molecule has 1 fully saturated rings. The number of nitrogens with zero attached hydrogens (tertiary/aromatic N) is 3. The fraction of sp³-hybridized carbons (Fsp3) is 0.300. The van der Waals surface area contributed by atoms with Gasteiger partial charge in [0.15, 0.2) is 0 Å². The second-order valence-corrected chi connectivity index (χ2v) is 8.72. The first kappa shape index (κ1) is 20.2. The molecule has 1 aromatic carbocycles. The normalized spacial score (nSPS) is 15.3. The highest BCUT2D eigenvalue weighted by atomic mass is 32.2. The number of pyridine rings is 1. The summed E-state index contributed by atoms with van der Waals surface area (Å²) in [5.41, 5.74) is 0.908. The van der Waals surface area contributed by atoms with Crippen molar-refractivity contribution < 1.29 is 22.7 Å². The summed E-state index contributed by atoms with van der Waals surface area (Å²) in [6.45, 7) is 0.957. The van der Waals surface area contributed by atoms with Crippen molar-refractivity contribution in [1.29, 1.82) is 0 Å². The van der Waals surface area contributed by atoms with E-state index in [9.17, 15) is 13.2 Å². The van der Waals surface area contributed by atoms with Crippen LogP contribution in [-0.4, -0.2) is 73.9 Å². The molecule has 0 saturated carbocycles. The monoisotopic (exact) mass is 430 g/mol. The quantitative estimate of drug-likeness (QED) is 0.661. The number of H-pyrrole nitrogens is 1. The summed E-state index contributed by atoms with van der Waals surface area (Å²) in [7, 11) is -0.676. The molecule has 10 heteroatoms. The molecular formula is C20H22N4O5S. The molecule has 2 aromatic heterocycles. The van der Waals surface area contributed by atoms with E-state index in [2.05, 4.69) is 9.97 Å². The number of ether oxygens (including phenoxy) is 2. The lowest BCUT2D eigenvalue weighted by Gasteiger charge is -2.34. The summed E-state index contributed by atoms with van der Waals surface area (Å²) in [4.78, 5) is 21.9. The number of methoxy groups -OCH3 is 2. The van der Waals surface area contributed by atoms with E-state index in [4.69, 9.17) is 9.47 Å². The van der Waals surface area contributed by atoms with Crippen LogP contribution in [0.5, 0.6) is 11.5 Å². The topological polar surface area (TPSA) is 105 Å². The molecule has 0 bridgehead atoms. The summed E-state index contributed by atoms with van der Waals surface area (Å²) in [6, 6.07) is 8.45. The van der Waals surface area contributed by atoms with E-state index < -0.39 is 10.0 Å². The van der Waals surface area contributed by atoms with Crippen LogP contribution in [0.2, 0.25) is 0 Å². The number of carbonyl (C=O) groups excluding carboxylic acids is 1. The first-order chi connectivity index (χ1) is 14.5. The average molecular weight is 430 g/mol. The third kappa shape index (κ3) is 3.48. The molecule has 0 unspecified atom stereocenters. The van der Waals surface area contributed by atoms with Gasteiger partial charge in [-0.15, -0.1) is 0 Å². The molecule has 0 spiro atoms. The third-order valence-corrected chi connectivity index (χ3v) is 7.13. The van der Waals surface area contributed by atoms with E-state index >= 15 is 0 Å². The average Bonchev–Trinajstić information content (AvgIpc) is 3.23. The number of hydrogen-bond donors (Lipinski definition) is 1. The number of rotatable bonds is 5. The van der Waals surface area contributed by atoms with Gasteiger partial charge in [0, 0.05) is 44.0 Å². The molecule has 0 aliphatic carbocycles. The fourth-order valence-corrected chi connectivity index (χ4v) is 5.14. The molecule has 4 rings (SSSR count). The van der Waals surface area contributed by atoms with Gasteiger partial charge in [0.25, 0.3) is 5.91 Å². The van der Waals surface area contributed by atoms with E-state index in [0.29, 0.717) is 28.1 Å². The van der Waals surface area contributed by atoms with E-state index in [-0.39, 0.29) is 37.0 Å². The maximum atomic E-state index is 13.1. The van der Waals surface area contributed by atoms with Gasteiger partial charge in [-0.2, -0.15) is 4.31 Å². The summed E-state index contributed by atoms with van der Waals surface area (Å²) in [5, 5.41) is 0.553. The van der Waals surface area contributed by atoms with Crippen LogP contribution < -0.4 is 9.47 Å². The van der Waals surface area contributed by atoms with Gasteiger partial charge >= 0.3 is 0 Å². The number of piperazine rings is 1. The van der Waals surface area contributed by atoms with Gasteiger partial charge in [0.1, 0.15) is 22.0 Å². The van der Waals surface area contributed by atoms with Crippen molar-refractivity contribution in [3.8, 4) is 11.5 Å². The number of fused-ring (bicyclic) bond motifs is 1. The number of hydrogen-bond acceptors (Lipinski definition) is 6. The molecule has 3 heterocycles. The SMILES string of the molecule is COc1ccc(OC)c(C(=O)N2CCN(S(=O)(=O)c3c[nH]c4ncccc34)CC2)c1. The number of nitrogens with one attached hydrogen (secondary N) is 1. The molecule has 30 heavy (non-hydrogen) atoms. The molecule has 1 saturated heterocycles. The van der Waals surface area contributed by atoms with Gasteiger partial charge in [-0.1, -0.05) is 0 Å². The van der Waals surface area contributed by atoms with E-state index in [0.717, 1.165) is 0 Å². The Kier molecular flexibility index (Phi) is 5.35. The zero-order chi connectivity index (χ0) is 21.3. The number of benzene rings is 1. The lowest BCUT2D eigenvalue weighted by molar-refractivity contribution is 0.0694. The van der Waals surface area contributed by atoms with E-state index in [1.54, 1.807) is 41.4 Å². The standard InChI is InChI=1S/C20H22N4O5S/c1-28-14-5-6-17(29-2)16(12-14)20(25)23-8-10-24(11-9-23)30(26,27)18-13-22-19-15(18)4-3-7-21-19/h3-7,12-13H,8-11H2,1-2H3,(H,21,22). The number of carbonyl (C=O) groups is 1. The van der Waals surface area contributed by atoms with Crippen molar-refractivity contribution in [2.24, 2.45) is 0 Å². The second-order valence-electron chi connectivity index (χ2n) is 6.81. The summed E-state index contributed by atoms with van der Waals surface area (Å²) in [6.07, 6.45) is 3.07. The van der Waals surface area contributed by atoms with Gasteiger partial charge in [0.05, 0.1) is 19.8 Å². The van der Waals surface area contributed by atoms with Crippen molar-refractivity contribution in [2.45, 2.75) is 4.90 Å². The zero-order valence-corrected chi connectivity index (χ0v) is 17.5. The molecule has 1 N–H and O–H groups in total. The van der Waals surface area contributed by atoms with Crippen LogP contribution >= 0.6 is 0 Å². The van der Waals surface area contributed by atoms with Crippen molar-refractivity contribution in [3.63, 3.8) is 0 Å². The molecule has 3 aromatic rings. The molecular weight excluding hydrogens is 408 g/mol. The summed E-state index contributed by atoms with van der Waals surface area (Å²) >= 11 is 0. The van der Waals surface area contributed by atoms with Crippen LogP contribution in [0.25, 0.3) is 11.0 Å². The van der Waals surface area contributed by atoms with Gasteiger partial charge in [-0.25, -0.2) is 13.4 Å². The van der Waals surface area contributed by atoms with Crippen LogP contribution in [-0.2, 0) is 10.0 Å². The fourth-order valence-electron chi connectivity index (χ4n) is 3.57. The number of amides is 1. The molecule has 1 amide bonds. The molecule has 158 valence electrons. The van der Waals surface area contributed by atoms with Gasteiger partial charge < -0.3 is 19.4 Å². The summed E-state index contributed by atoms with van der Waals surface area (Å²) in [5.74, 6) is 0.773. The Morgan fingerprint density at radius 1 is 1.10 bits per heavy atom. The lowest BCUT2D eigenvalue weighted by atomic mass is 10.1. The third-order valence-electron chi connectivity index (χ3n) is 5.19. The van der Waals surface area contributed by atoms with Crippen LogP contribution in [0.1, 0.15) is 10.4 Å². The highest BCUT2D eigenvalue weighted by Gasteiger charge is 2.32. The number of sulfonamides is 1. The Morgan fingerprint density at radius 2 is 1.87 bits per heavy atom. The van der Waals surface area contributed by atoms with Crippen LogP contribution in [0, 0.1) is 0 Å². The van der Waals surface area contributed by atoms with Crippen molar-refractivity contribution >= 4 is 27.0 Å². The van der Waals surface area contributed by atoms with Crippen molar-refractivity contribution in [3.05, 3.63) is 48.3 Å². The first-order valence-corrected chi connectivity index (χ1v) is 10.8. The maximum absolute atomic E-state index is 13.1. The lowest BCUT2D eigenvalue weighted by Crippen LogP contribution is -2.50. The molecule has 1 aliphatic rings. The van der Waals surface area contributed by atoms with Crippen LogP contribution in [0.15, 0.2) is 47.6 Å². The Labute approximate surface area is 174 Å². The highest BCUT2D eigenvalue weighted by Crippen LogP contribution is 2.28. The van der Waals surface area contributed by atoms with Crippen molar-refractivity contribution in [1.82, 2.24) is 19.2 Å². The zero-order valence-electron chi connectivity index (χ0n) is 16.7. The molecule has 0 radical (unpaired) electrons. The van der Waals surface area contributed by atoms with Gasteiger partial charge in [-0.3, -0.25) is 4.79 Å². The molecule has 9 nitrogen and oxygen atoms in total.